The summed E-state index contributed by atoms with van der Waals surface area (Å²) < 4.78 is 127. The first kappa shape index (κ1) is 29.5. The molecule has 0 bridgehead atoms. The second-order valence-corrected chi connectivity index (χ2v) is 9.23. The molecule has 0 aliphatic heterocycles. The number of halogens is 8. The molecular formula is C28H20BF8Li. The number of rotatable bonds is 4. The molecule has 0 radical (unpaired) electrons. The molecule has 10 heteroatoms. The second kappa shape index (κ2) is 10.6. The number of benzene rings is 4. The zero-order valence-corrected chi connectivity index (χ0v) is 21.2. The molecule has 0 aromatic heterocycles. The third-order valence-corrected chi connectivity index (χ3v) is 7.01. The van der Waals surface area contributed by atoms with Crippen molar-refractivity contribution in [3.8, 4) is 0 Å². The van der Waals surface area contributed by atoms with Gasteiger partial charge in [0.1, 0.15) is 6.15 Å². The van der Waals surface area contributed by atoms with Gasteiger partial charge in [0.2, 0.25) is 0 Å². The molecule has 0 heterocycles. The van der Waals surface area contributed by atoms with Crippen molar-refractivity contribution in [3.63, 3.8) is 0 Å². The topological polar surface area (TPSA) is 0 Å². The summed E-state index contributed by atoms with van der Waals surface area (Å²) >= 11 is 0. The van der Waals surface area contributed by atoms with Crippen molar-refractivity contribution >= 4 is 28.0 Å². The van der Waals surface area contributed by atoms with E-state index >= 15 is 35.1 Å². The molecule has 0 nitrogen and oxygen atoms in total. The van der Waals surface area contributed by atoms with Crippen LogP contribution in [0.3, 0.4) is 0 Å². The molecule has 4 aromatic carbocycles. The molecule has 0 spiro atoms. The summed E-state index contributed by atoms with van der Waals surface area (Å²) in [4.78, 5) is 0. The van der Waals surface area contributed by atoms with Crippen LogP contribution < -0.4 is 40.7 Å². The summed E-state index contributed by atoms with van der Waals surface area (Å²) in [5.41, 5.74) is -6.19. The molecule has 0 saturated heterocycles. The van der Waals surface area contributed by atoms with E-state index < -0.39 is 74.5 Å². The van der Waals surface area contributed by atoms with Crippen LogP contribution in [0, 0.1) is 74.2 Å². The van der Waals surface area contributed by atoms with Gasteiger partial charge in [0, 0.05) is 0 Å². The molecule has 0 saturated carbocycles. The second-order valence-electron chi connectivity index (χ2n) is 9.23. The van der Waals surface area contributed by atoms with E-state index in [-0.39, 0.29) is 41.1 Å². The van der Waals surface area contributed by atoms with Gasteiger partial charge in [-0.25, -0.2) is 35.1 Å². The summed E-state index contributed by atoms with van der Waals surface area (Å²) in [5, 5.41) is 0. The van der Waals surface area contributed by atoms with Crippen molar-refractivity contribution in [2.75, 3.05) is 0 Å². The number of hydrogen-bond donors (Lipinski definition) is 0. The van der Waals surface area contributed by atoms with Gasteiger partial charge in [0.05, 0.1) is 46.5 Å². The monoisotopic (exact) mass is 526 g/mol. The number of aryl methyl sites for hydroxylation is 4. The molecule has 0 aliphatic carbocycles. The average molecular weight is 526 g/mol. The maximum atomic E-state index is 15.9. The van der Waals surface area contributed by atoms with E-state index in [4.69, 9.17) is 0 Å². The van der Waals surface area contributed by atoms with Crippen LogP contribution in [0.2, 0.25) is 0 Å². The molecule has 4 rings (SSSR count). The first-order valence-electron chi connectivity index (χ1n) is 11.3. The third-order valence-electron chi connectivity index (χ3n) is 7.01. The molecule has 0 fully saturated rings. The Kier molecular flexibility index (Phi) is 8.26. The summed E-state index contributed by atoms with van der Waals surface area (Å²) in [6.45, 7) is 4.70. The van der Waals surface area contributed by atoms with Gasteiger partial charge >= 0.3 is 18.9 Å². The first-order chi connectivity index (χ1) is 17.3. The summed E-state index contributed by atoms with van der Waals surface area (Å²) in [6, 6.07) is 6.82. The summed E-state index contributed by atoms with van der Waals surface area (Å²) in [7, 11) is 0. The fourth-order valence-electron chi connectivity index (χ4n) is 5.17. The van der Waals surface area contributed by atoms with Gasteiger partial charge in [0.15, 0.2) is 0 Å². The molecule has 0 atom stereocenters. The summed E-state index contributed by atoms with van der Waals surface area (Å²) in [5.74, 6) is -11.8. The molecule has 192 valence electrons. The van der Waals surface area contributed by atoms with Gasteiger partial charge < -0.3 is 0 Å². The van der Waals surface area contributed by atoms with Gasteiger partial charge in [-0.05, 0) is 74.2 Å². The Bertz CT molecular complexity index is 1330. The van der Waals surface area contributed by atoms with Crippen LogP contribution in [0.1, 0.15) is 22.3 Å². The normalized spacial score (nSPS) is 11.5. The van der Waals surface area contributed by atoms with Crippen LogP contribution >= 0.6 is 0 Å². The Hall–Kier alpha value is -3.02. The van der Waals surface area contributed by atoms with E-state index in [9.17, 15) is 0 Å². The van der Waals surface area contributed by atoms with Gasteiger partial charge in [-0.15, -0.1) is 21.9 Å². The molecular weight excluding hydrogens is 506 g/mol. The van der Waals surface area contributed by atoms with Crippen LogP contribution in [0.5, 0.6) is 0 Å². The standard InChI is InChI=1S/C28H20BF8.Li/c1-13-5-9-17(30)21(25(13)34)29(22-18(31)10-6-14(2)26(22)35,23-19(32)11-7-15(3)27(23)36)24-20(33)12-8-16(4)28(24)37;/h5-12H,1-4H3;/q-1;+1. The minimum atomic E-state index is -4.50. The van der Waals surface area contributed by atoms with Gasteiger partial charge in [-0.3, -0.25) is 0 Å². The molecule has 38 heavy (non-hydrogen) atoms. The Labute approximate surface area is 226 Å². The predicted molar refractivity (Wildman–Crippen MR) is 129 cm³/mol. The molecule has 0 unspecified atom stereocenters. The maximum absolute atomic E-state index is 15.9. The van der Waals surface area contributed by atoms with E-state index in [0.717, 1.165) is 24.3 Å². The van der Waals surface area contributed by atoms with Crippen molar-refractivity contribution in [2.45, 2.75) is 27.7 Å². The minimum Gasteiger partial charge on any atom is -0.210 e. The van der Waals surface area contributed by atoms with E-state index in [0.29, 0.717) is 24.3 Å². The quantitative estimate of drug-likeness (QED) is 0.283. The van der Waals surface area contributed by atoms with E-state index in [1.54, 1.807) is 0 Å². The van der Waals surface area contributed by atoms with Crippen molar-refractivity contribution < 1.29 is 54.0 Å². The van der Waals surface area contributed by atoms with E-state index in [1.807, 2.05) is 0 Å². The fraction of sp³-hybridized carbons (Fsp3) is 0.143. The average Bonchev–Trinajstić information content (AvgIpc) is 2.84. The van der Waals surface area contributed by atoms with Crippen LogP contribution in [0.25, 0.3) is 0 Å². The predicted octanol–water partition coefficient (Wildman–Crippen LogP) is 2.41. The SMILES string of the molecule is Cc1ccc(F)c([B-](c2c(F)ccc(C)c2F)(c2c(F)ccc(C)c2F)c2c(F)ccc(C)c2F)c1F.[Li+]. The van der Waals surface area contributed by atoms with Crippen molar-refractivity contribution in [2.24, 2.45) is 0 Å². The van der Waals surface area contributed by atoms with Crippen LogP contribution in [-0.2, 0) is 0 Å². The minimum absolute atomic E-state index is 0. The zero-order valence-electron chi connectivity index (χ0n) is 21.2. The van der Waals surface area contributed by atoms with Crippen molar-refractivity contribution in [1.29, 1.82) is 0 Å². The van der Waals surface area contributed by atoms with Crippen LogP contribution in [-0.4, -0.2) is 6.15 Å². The molecule has 0 amide bonds. The summed E-state index contributed by atoms with van der Waals surface area (Å²) in [6.07, 6.45) is -4.50. The van der Waals surface area contributed by atoms with Gasteiger partial charge in [-0.2, -0.15) is 0 Å². The van der Waals surface area contributed by atoms with Crippen molar-refractivity contribution in [1.82, 2.24) is 0 Å². The molecule has 0 N–H and O–H groups in total. The fourth-order valence-corrected chi connectivity index (χ4v) is 5.17. The largest absolute Gasteiger partial charge is 1.00 e. The Balaban J connectivity index is 0.00000400. The third kappa shape index (κ3) is 4.26. The number of hydrogen-bond acceptors (Lipinski definition) is 0. The van der Waals surface area contributed by atoms with E-state index in [1.165, 1.54) is 27.7 Å². The van der Waals surface area contributed by atoms with Gasteiger partial charge in [-0.1, -0.05) is 24.3 Å². The van der Waals surface area contributed by atoms with Crippen LogP contribution in [0.4, 0.5) is 35.1 Å². The zero-order chi connectivity index (χ0) is 27.4. The Morgan fingerprint density at radius 1 is 0.368 bits per heavy atom. The Morgan fingerprint density at radius 2 is 0.553 bits per heavy atom. The Morgan fingerprint density at radius 3 is 0.737 bits per heavy atom. The van der Waals surface area contributed by atoms with Crippen LogP contribution in [0.15, 0.2) is 48.5 Å². The maximum Gasteiger partial charge on any atom is 1.00 e. The smallest absolute Gasteiger partial charge is 0.210 e. The van der Waals surface area contributed by atoms with Gasteiger partial charge in [0.25, 0.3) is 0 Å². The molecule has 0 aliphatic rings. The van der Waals surface area contributed by atoms with Crippen molar-refractivity contribution in [3.05, 3.63) is 117 Å². The van der Waals surface area contributed by atoms with E-state index in [2.05, 4.69) is 0 Å². The molecule has 4 aromatic rings. The first-order valence-corrected chi connectivity index (χ1v) is 11.3.